The summed E-state index contributed by atoms with van der Waals surface area (Å²) in [6, 6.07) is 8.35. The van der Waals surface area contributed by atoms with Crippen molar-refractivity contribution >= 4 is 11.8 Å². The maximum Gasteiger partial charge on any atom is 0.276 e. The van der Waals surface area contributed by atoms with Crippen LogP contribution in [0.3, 0.4) is 0 Å². The number of piperidine rings is 1. The number of piperazine rings is 1. The van der Waals surface area contributed by atoms with E-state index in [1.54, 1.807) is 11.1 Å². The van der Waals surface area contributed by atoms with E-state index in [4.69, 9.17) is 0 Å². The van der Waals surface area contributed by atoms with Gasteiger partial charge >= 0.3 is 0 Å². The molecule has 1 N–H and O–H groups in total. The highest BCUT2D eigenvalue weighted by atomic mass is 16.2. The topological polar surface area (TPSA) is 83.4 Å². The number of benzene rings is 1. The van der Waals surface area contributed by atoms with Gasteiger partial charge in [-0.1, -0.05) is 35.0 Å². The van der Waals surface area contributed by atoms with Gasteiger partial charge in [0.25, 0.3) is 5.91 Å². The molecule has 154 valence electrons. The van der Waals surface area contributed by atoms with Crippen LogP contribution in [0, 0.1) is 6.92 Å². The number of amides is 2. The Bertz CT molecular complexity index is 848. The molecule has 2 fully saturated rings. The van der Waals surface area contributed by atoms with Crippen LogP contribution in [0.15, 0.2) is 30.5 Å². The van der Waals surface area contributed by atoms with E-state index in [9.17, 15) is 9.59 Å². The molecule has 3 heterocycles. The average molecular weight is 396 g/mol. The van der Waals surface area contributed by atoms with Crippen molar-refractivity contribution in [3.8, 4) is 0 Å². The fraction of sp³-hybridized carbons (Fsp3) is 0.524. The molecule has 2 aromatic rings. The summed E-state index contributed by atoms with van der Waals surface area (Å²) < 4.78 is 1.83. The lowest BCUT2D eigenvalue weighted by molar-refractivity contribution is -0.131. The number of nitrogens with one attached hydrogen (secondary N) is 1. The van der Waals surface area contributed by atoms with Crippen molar-refractivity contribution < 1.29 is 9.59 Å². The number of hydrogen-bond donors (Lipinski definition) is 1. The second kappa shape index (κ2) is 8.73. The SMILES string of the molecule is Cc1ccc(CC(=O)N2CCN(C(=O)c3cn(C4CCNCC4)nn3)CC2)cc1. The first kappa shape index (κ1) is 19.6. The van der Waals surface area contributed by atoms with Crippen LogP contribution < -0.4 is 5.32 Å². The van der Waals surface area contributed by atoms with Crippen molar-refractivity contribution in [2.45, 2.75) is 32.2 Å². The van der Waals surface area contributed by atoms with Crippen molar-refractivity contribution in [1.29, 1.82) is 0 Å². The van der Waals surface area contributed by atoms with E-state index in [-0.39, 0.29) is 11.8 Å². The first-order valence-electron chi connectivity index (χ1n) is 10.4. The maximum absolute atomic E-state index is 12.8. The summed E-state index contributed by atoms with van der Waals surface area (Å²) in [5.74, 6) is 0.00798. The summed E-state index contributed by atoms with van der Waals surface area (Å²) in [7, 11) is 0. The molecule has 4 rings (SSSR count). The third-order valence-corrected chi connectivity index (χ3v) is 5.81. The van der Waals surface area contributed by atoms with Crippen LogP contribution in [-0.2, 0) is 11.2 Å². The fourth-order valence-corrected chi connectivity index (χ4v) is 3.94. The van der Waals surface area contributed by atoms with Gasteiger partial charge < -0.3 is 15.1 Å². The van der Waals surface area contributed by atoms with Crippen molar-refractivity contribution in [2.75, 3.05) is 39.3 Å². The van der Waals surface area contributed by atoms with Gasteiger partial charge in [-0.25, -0.2) is 4.68 Å². The quantitative estimate of drug-likeness (QED) is 0.835. The summed E-state index contributed by atoms with van der Waals surface area (Å²) in [5.41, 5.74) is 2.60. The molecular formula is C21H28N6O2. The molecule has 1 aromatic carbocycles. The number of carbonyl (C=O) groups is 2. The van der Waals surface area contributed by atoms with Gasteiger partial charge in [-0.15, -0.1) is 5.10 Å². The monoisotopic (exact) mass is 396 g/mol. The van der Waals surface area contributed by atoms with E-state index in [1.807, 2.05) is 40.8 Å². The van der Waals surface area contributed by atoms with Crippen molar-refractivity contribution in [2.24, 2.45) is 0 Å². The molecular weight excluding hydrogens is 368 g/mol. The predicted molar refractivity (Wildman–Crippen MR) is 109 cm³/mol. The standard InChI is InChI=1S/C21H28N6O2/c1-16-2-4-17(5-3-16)14-20(28)25-10-12-26(13-11-25)21(29)19-15-27(24-23-19)18-6-8-22-9-7-18/h2-5,15,18,22H,6-14H2,1H3. The molecule has 8 nitrogen and oxygen atoms in total. The Morgan fingerprint density at radius 1 is 1.03 bits per heavy atom. The average Bonchev–Trinajstić information content (AvgIpc) is 3.26. The highest BCUT2D eigenvalue weighted by Gasteiger charge is 2.27. The number of rotatable bonds is 4. The second-order valence-electron chi connectivity index (χ2n) is 7.90. The lowest BCUT2D eigenvalue weighted by atomic mass is 10.1. The van der Waals surface area contributed by atoms with Gasteiger partial charge in [-0.05, 0) is 38.4 Å². The number of aryl methyl sites for hydroxylation is 1. The van der Waals surface area contributed by atoms with Gasteiger partial charge in [0.2, 0.25) is 5.91 Å². The van der Waals surface area contributed by atoms with Crippen LogP contribution in [0.25, 0.3) is 0 Å². The highest BCUT2D eigenvalue weighted by Crippen LogP contribution is 2.18. The maximum atomic E-state index is 12.8. The van der Waals surface area contributed by atoms with Gasteiger partial charge in [0.05, 0.1) is 18.7 Å². The van der Waals surface area contributed by atoms with Crippen LogP contribution >= 0.6 is 0 Å². The minimum Gasteiger partial charge on any atom is -0.339 e. The number of nitrogens with zero attached hydrogens (tertiary/aromatic N) is 5. The molecule has 0 unspecified atom stereocenters. The fourth-order valence-electron chi connectivity index (χ4n) is 3.94. The van der Waals surface area contributed by atoms with Crippen LogP contribution in [0.1, 0.15) is 40.5 Å². The van der Waals surface area contributed by atoms with Gasteiger partial charge in [0.15, 0.2) is 5.69 Å². The zero-order valence-electron chi connectivity index (χ0n) is 16.9. The van der Waals surface area contributed by atoms with E-state index in [2.05, 4.69) is 15.6 Å². The van der Waals surface area contributed by atoms with Crippen LogP contribution in [0.4, 0.5) is 0 Å². The molecule has 0 saturated carbocycles. The van der Waals surface area contributed by atoms with Crippen molar-refractivity contribution in [3.05, 3.63) is 47.3 Å². The van der Waals surface area contributed by atoms with Gasteiger partial charge in [0, 0.05) is 26.2 Å². The Kier molecular flexibility index (Phi) is 5.89. The zero-order chi connectivity index (χ0) is 20.2. The molecule has 0 aliphatic carbocycles. The first-order valence-corrected chi connectivity index (χ1v) is 10.4. The highest BCUT2D eigenvalue weighted by molar-refractivity contribution is 5.92. The first-order chi connectivity index (χ1) is 14.1. The third kappa shape index (κ3) is 4.64. The summed E-state index contributed by atoms with van der Waals surface area (Å²) in [6.07, 6.45) is 4.17. The molecule has 0 atom stereocenters. The van der Waals surface area contributed by atoms with Crippen LogP contribution in [-0.4, -0.2) is 75.9 Å². The Labute approximate surface area is 170 Å². The molecule has 2 aliphatic heterocycles. The zero-order valence-corrected chi connectivity index (χ0v) is 16.9. The lowest BCUT2D eigenvalue weighted by Gasteiger charge is -2.34. The van der Waals surface area contributed by atoms with Crippen molar-refractivity contribution in [3.63, 3.8) is 0 Å². The Morgan fingerprint density at radius 3 is 2.38 bits per heavy atom. The molecule has 0 bridgehead atoms. The van der Waals surface area contributed by atoms with E-state index >= 15 is 0 Å². The minimum atomic E-state index is -0.101. The van der Waals surface area contributed by atoms with Gasteiger partial charge in [0.1, 0.15) is 0 Å². The normalized spacial score (nSPS) is 18.1. The second-order valence-corrected chi connectivity index (χ2v) is 7.90. The van der Waals surface area contributed by atoms with E-state index in [0.29, 0.717) is 44.3 Å². The third-order valence-electron chi connectivity index (χ3n) is 5.81. The molecule has 1 aromatic heterocycles. The van der Waals surface area contributed by atoms with E-state index in [0.717, 1.165) is 31.5 Å². The molecule has 2 saturated heterocycles. The van der Waals surface area contributed by atoms with Gasteiger partial charge in [-0.3, -0.25) is 9.59 Å². The lowest BCUT2D eigenvalue weighted by Crippen LogP contribution is -2.51. The molecule has 8 heteroatoms. The summed E-state index contributed by atoms with van der Waals surface area (Å²) in [5, 5.41) is 11.6. The minimum absolute atomic E-state index is 0.101. The molecule has 0 spiro atoms. The van der Waals surface area contributed by atoms with Crippen molar-refractivity contribution in [1.82, 2.24) is 30.1 Å². The van der Waals surface area contributed by atoms with Crippen LogP contribution in [0.5, 0.6) is 0 Å². The molecule has 0 radical (unpaired) electrons. The predicted octanol–water partition coefficient (Wildman–Crippen LogP) is 1.04. The van der Waals surface area contributed by atoms with E-state index in [1.165, 1.54) is 5.56 Å². The van der Waals surface area contributed by atoms with Gasteiger partial charge in [-0.2, -0.15) is 0 Å². The largest absolute Gasteiger partial charge is 0.339 e. The Balaban J connectivity index is 1.29. The van der Waals surface area contributed by atoms with Crippen LogP contribution in [0.2, 0.25) is 0 Å². The summed E-state index contributed by atoms with van der Waals surface area (Å²) >= 11 is 0. The summed E-state index contributed by atoms with van der Waals surface area (Å²) in [6.45, 7) is 6.13. The number of hydrogen-bond acceptors (Lipinski definition) is 5. The molecule has 29 heavy (non-hydrogen) atoms. The molecule has 2 amide bonds. The molecule has 2 aliphatic rings. The Hall–Kier alpha value is -2.74. The smallest absolute Gasteiger partial charge is 0.276 e. The summed E-state index contributed by atoms with van der Waals surface area (Å²) in [4.78, 5) is 29.0. The Morgan fingerprint density at radius 2 is 1.69 bits per heavy atom. The van der Waals surface area contributed by atoms with E-state index < -0.39 is 0 Å². The number of aromatic nitrogens is 3. The number of carbonyl (C=O) groups excluding carboxylic acids is 2.